The van der Waals surface area contributed by atoms with Gasteiger partial charge >= 0.3 is 0 Å². The molecule has 0 aliphatic heterocycles. The van der Waals surface area contributed by atoms with E-state index in [0.29, 0.717) is 10.0 Å². The van der Waals surface area contributed by atoms with Gasteiger partial charge < -0.3 is 5.32 Å². The summed E-state index contributed by atoms with van der Waals surface area (Å²) in [6, 6.07) is 5.48. The van der Waals surface area contributed by atoms with Crippen molar-refractivity contribution in [3.63, 3.8) is 0 Å². The molecule has 3 nitrogen and oxygen atoms in total. The van der Waals surface area contributed by atoms with E-state index in [-0.39, 0.29) is 0 Å². The van der Waals surface area contributed by atoms with Gasteiger partial charge in [-0.25, -0.2) is 4.68 Å². The van der Waals surface area contributed by atoms with Gasteiger partial charge in [0.25, 0.3) is 0 Å². The Labute approximate surface area is 123 Å². The zero-order valence-electron chi connectivity index (χ0n) is 11.1. The highest BCUT2D eigenvalue weighted by Crippen LogP contribution is 2.26. The van der Waals surface area contributed by atoms with Crippen LogP contribution >= 0.6 is 23.2 Å². The van der Waals surface area contributed by atoms with Gasteiger partial charge in [-0.1, -0.05) is 36.5 Å². The smallest absolute Gasteiger partial charge is 0.0836 e. The van der Waals surface area contributed by atoms with Gasteiger partial charge in [0, 0.05) is 22.8 Å². The van der Waals surface area contributed by atoms with E-state index in [9.17, 15) is 0 Å². The monoisotopic (exact) mass is 297 g/mol. The second-order valence-electron chi connectivity index (χ2n) is 4.40. The first-order valence-electron chi connectivity index (χ1n) is 6.33. The predicted octanol–water partition coefficient (Wildman–Crippen LogP) is 3.85. The van der Waals surface area contributed by atoms with E-state index in [1.54, 1.807) is 6.07 Å². The number of hydrogen-bond acceptors (Lipinski definition) is 2. The maximum atomic E-state index is 6.26. The van der Waals surface area contributed by atoms with Crippen molar-refractivity contribution in [2.24, 2.45) is 0 Å². The number of nitrogens with zero attached hydrogens (tertiary/aromatic N) is 2. The van der Waals surface area contributed by atoms with Gasteiger partial charge in [-0.3, -0.25) is 0 Å². The van der Waals surface area contributed by atoms with Gasteiger partial charge in [0.05, 0.1) is 16.9 Å². The van der Waals surface area contributed by atoms with Gasteiger partial charge in [-0.2, -0.15) is 5.10 Å². The minimum atomic E-state index is 0.615. The molecule has 0 aliphatic carbocycles. The third kappa shape index (κ3) is 3.11. The average Bonchev–Trinajstić information content (AvgIpc) is 2.74. The summed E-state index contributed by atoms with van der Waals surface area (Å²) in [4.78, 5) is 0. The fourth-order valence-corrected chi connectivity index (χ4v) is 2.60. The van der Waals surface area contributed by atoms with Crippen molar-refractivity contribution in [1.82, 2.24) is 15.1 Å². The standard InChI is InChI=1S/C14H17Cl2N3/c1-3-4-13-10(8-17-2)9-18-19(13)14-6-5-11(15)7-12(14)16/h5-7,9,17H,3-4,8H2,1-2H3. The highest BCUT2D eigenvalue weighted by molar-refractivity contribution is 6.35. The minimum Gasteiger partial charge on any atom is -0.316 e. The second kappa shape index (κ2) is 6.42. The van der Waals surface area contributed by atoms with E-state index in [2.05, 4.69) is 17.3 Å². The normalized spacial score (nSPS) is 10.9. The van der Waals surface area contributed by atoms with E-state index in [1.807, 2.05) is 30.1 Å². The van der Waals surface area contributed by atoms with Gasteiger partial charge in [-0.15, -0.1) is 0 Å². The van der Waals surface area contributed by atoms with Crippen LogP contribution in [0, 0.1) is 0 Å². The quantitative estimate of drug-likeness (QED) is 0.908. The summed E-state index contributed by atoms with van der Waals surface area (Å²) in [6.45, 7) is 2.96. The van der Waals surface area contributed by atoms with Gasteiger partial charge in [0.2, 0.25) is 0 Å². The van der Waals surface area contributed by atoms with E-state index < -0.39 is 0 Å². The first kappa shape index (κ1) is 14.4. The first-order chi connectivity index (χ1) is 9.17. The summed E-state index contributed by atoms with van der Waals surface area (Å²) in [7, 11) is 1.93. The van der Waals surface area contributed by atoms with Crippen LogP contribution in [0.15, 0.2) is 24.4 Å². The fraction of sp³-hybridized carbons (Fsp3) is 0.357. The number of rotatable bonds is 5. The van der Waals surface area contributed by atoms with Crippen LogP contribution in [0.3, 0.4) is 0 Å². The van der Waals surface area contributed by atoms with Crippen LogP contribution in [-0.4, -0.2) is 16.8 Å². The molecule has 0 radical (unpaired) electrons. The van der Waals surface area contributed by atoms with E-state index >= 15 is 0 Å². The van der Waals surface area contributed by atoms with Gasteiger partial charge in [-0.05, 0) is 31.7 Å². The number of hydrogen-bond donors (Lipinski definition) is 1. The molecule has 0 unspecified atom stereocenters. The lowest BCUT2D eigenvalue weighted by molar-refractivity contribution is 0.750. The number of nitrogens with one attached hydrogen (secondary N) is 1. The Morgan fingerprint density at radius 3 is 2.74 bits per heavy atom. The maximum Gasteiger partial charge on any atom is 0.0836 e. The first-order valence-corrected chi connectivity index (χ1v) is 7.08. The Balaban J connectivity index is 2.48. The molecule has 2 aromatic rings. The third-order valence-electron chi connectivity index (χ3n) is 2.95. The molecule has 5 heteroatoms. The number of aromatic nitrogens is 2. The fourth-order valence-electron chi connectivity index (χ4n) is 2.11. The largest absolute Gasteiger partial charge is 0.316 e. The highest BCUT2D eigenvalue weighted by Gasteiger charge is 2.13. The Morgan fingerprint density at radius 1 is 1.32 bits per heavy atom. The summed E-state index contributed by atoms with van der Waals surface area (Å²) in [5.41, 5.74) is 3.27. The molecular formula is C14H17Cl2N3. The van der Waals surface area contributed by atoms with Crippen LogP contribution in [0.2, 0.25) is 10.0 Å². The average molecular weight is 298 g/mol. The summed E-state index contributed by atoms with van der Waals surface area (Å²) in [5, 5.41) is 8.87. The van der Waals surface area contributed by atoms with Gasteiger partial charge in [0.1, 0.15) is 0 Å². The van der Waals surface area contributed by atoms with Crippen LogP contribution in [0.25, 0.3) is 5.69 Å². The molecule has 1 aromatic heterocycles. The lowest BCUT2D eigenvalue weighted by atomic mass is 10.1. The molecule has 0 aliphatic rings. The molecule has 102 valence electrons. The SMILES string of the molecule is CCCc1c(CNC)cnn1-c1ccc(Cl)cc1Cl. The Hall–Kier alpha value is -1.03. The zero-order chi connectivity index (χ0) is 13.8. The molecule has 0 bridgehead atoms. The Bertz CT molecular complexity index is 564. The van der Waals surface area contributed by atoms with Crippen LogP contribution in [0.1, 0.15) is 24.6 Å². The Morgan fingerprint density at radius 2 is 2.11 bits per heavy atom. The zero-order valence-corrected chi connectivity index (χ0v) is 12.6. The molecular weight excluding hydrogens is 281 g/mol. The van der Waals surface area contributed by atoms with Crippen LogP contribution in [0.4, 0.5) is 0 Å². The summed E-state index contributed by atoms with van der Waals surface area (Å²) >= 11 is 12.2. The molecule has 0 spiro atoms. The van der Waals surface area contributed by atoms with Crippen LogP contribution in [0.5, 0.6) is 0 Å². The highest BCUT2D eigenvalue weighted by atomic mass is 35.5. The van der Waals surface area contributed by atoms with E-state index in [4.69, 9.17) is 23.2 Å². The summed E-state index contributed by atoms with van der Waals surface area (Å²) in [5.74, 6) is 0. The third-order valence-corrected chi connectivity index (χ3v) is 3.49. The number of benzene rings is 1. The van der Waals surface area contributed by atoms with Crippen molar-refractivity contribution < 1.29 is 0 Å². The molecule has 1 aromatic carbocycles. The van der Waals surface area contributed by atoms with Crippen molar-refractivity contribution in [1.29, 1.82) is 0 Å². The molecule has 2 rings (SSSR count). The van der Waals surface area contributed by atoms with Crippen molar-refractivity contribution in [3.05, 3.63) is 45.7 Å². The lowest BCUT2D eigenvalue weighted by Crippen LogP contribution is -2.09. The Kier molecular flexibility index (Phi) is 4.86. The van der Waals surface area contributed by atoms with Crippen LogP contribution in [-0.2, 0) is 13.0 Å². The van der Waals surface area contributed by atoms with E-state index in [0.717, 1.165) is 25.1 Å². The number of halogens is 2. The summed E-state index contributed by atoms with van der Waals surface area (Å²) < 4.78 is 1.91. The molecule has 0 fully saturated rings. The molecule has 0 amide bonds. The van der Waals surface area contributed by atoms with Crippen molar-refractivity contribution in [2.45, 2.75) is 26.3 Å². The molecule has 1 heterocycles. The second-order valence-corrected chi connectivity index (χ2v) is 5.25. The van der Waals surface area contributed by atoms with Crippen molar-refractivity contribution in [3.8, 4) is 5.69 Å². The molecule has 0 atom stereocenters. The van der Waals surface area contributed by atoms with Gasteiger partial charge in [0.15, 0.2) is 0 Å². The van der Waals surface area contributed by atoms with Crippen molar-refractivity contribution in [2.75, 3.05) is 7.05 Å². The van der Waals surface area contributed by atoms with Crippen LogP contribution < -0.4 is 5.32 Å². The van der Waals surface area contributed by atoms with Crippen molar-refractivity contribution >= 4 is 23.2 Å². The molecule has 19 heavy (non-hydrogen) atoms. The minimum absolute atomic E-state index is 0.615. The molecule has 0 saturated heterocycles. The lowest BCUT2D eigenvalue weighted by Gasteiger charge is -2.10. The molecule has 0 saturated carbocycles. The summed E-state index contributed by atoms with van der Waals surface area (Å²) in [6.07, 6.45) is 3.93. The topological polar surface area (TPSA) is 29.9 Å². The molecule has 1 N–H and O–H groups in total. The maximum absolute atomic E-state index is 6.26. The predicted molar refractivity (Wildman–Crippen MR) is 80.3 cm³/mol. The van der Waals surface area contributed by atoms with E-state index in [1.165, 1.54) is 11.3 Å².